The average molecular weight is 294 g/mol. The van der Waals surface area contributed by atoms with E-state index in [0.29, 0.717) is 17.5 Å². The first-order valence-corrected chi connectivity index (χ1v) is 5.34. The second-order valence-electron chi connectivity index (χ2n) is 3.68. The van der Waals surface area contributed by atoms with Crippen molar-refractivity contribution in [2.45, 2.75) is 26.4 Å². The number of aromatic hydroxyl groups is 1. The molecule has 3 N–H and O–H groups in total. The minimum atomic E-state index is -4.86. The van der Waals surface area contributed by atoms with Crippen molar-refractivity contribution in [2.24, 2.45) is 5.73 Å². The maximum atomic E-state index is 10.7. The number of carbonyl (C=O) groups is 1. The van der Waals surface area contributed by atoms with Gasteiger partial charge in [-0.15, -0.1) is 0 Å². The standard InChI is InChI=1S/C9H11NO3.C2H2F3NO/c1-3-7-6(2)8(10(12)13)4-5-9(7)11;3-2(4,5)1(6)7/h4-5,11H,3H2,1-2H3;(H2,6,7). The number of benzene rings is 1. The number of rotatable bonds is 2. The van der Waals surface area contributed by atoms with Gasteiger partial charge in [0.15, 0.2) is 0 Å². The first kappa shape index (κ1) is 17.7. The molecule has 112 valence electrons. The van der Waals surface area contributed by atoms with Crippen LogP contribution in [0.15, 0.2) is 12.1 Å². The number of nitro groups is 1. The summed E-state index contributed by atoms with van der Waals surface area (Å²) in [5.41, 5.74) is 5.07. The highest BCUT2D eigenvalue weighted by Gasteiger charge is 2.35. The van der Waals surface area contributed by atoms with E-state index in [1.807, 2.05) is 6.92 Å². The summed E-state index contributed by atoms with van der Waals surface area (Å²) in [7, 11) is 0. The molecule has 0 spiro atoms. The number of nitrogens with two attached hydrogens (primary N) is 1. The van der Waals surface area contributed by atoms with Gasteiger partial charge in [-0.05, 0) is 19.4 Å². The lowest BCUT2D eigenvalue weighted by Crippen LogP contribution is -2.30. The van der Waals surface area contributed by atoms with Crippen molar-refractivity contribution >= 4 is 11.6 Å². The topological polar surface area (TPSA) is 106 Å². The van der Waals surface area contributed by atoms with Gasteiger partial charge in [-0.3, -0.25) is 14.9 Å². The van der Waals surface area contributed by atoms with Crippen LogP contribution in [0, 0.1) is 17.0 Å². The molecule has 0 heterocycles. The molecule has 20 heavy (non-hydrogen) atoms. The van der Waals surface area contributed by atoms with Gasteiger partial charge in [-0.2, -0.15) is 13.2 Å². The van der Waals surface area contributed by atoms with Crippen LogP contribution in [-0.4, -0.2) is 22.1 Å². The van der Waals surface area contributed by atoms with E-state index in [-0.39, 0.29) is 11.4 Å². The highest BCUT2D eigenvalue weighted by Crippen LogP contribution is 2.28. The summed E-state index contributed by atoms with van der Waals surface area (Å²) in [6, 6.07) is 2.69. The molecule has 0 aliphatic rings. The predicted molar refractivity (Wildman–Crippen MR) is 64.1 cm³/mol. The minimum Gasteiger partial charge on any atom is -0.508 e. The van der Waals surface area contributed by atoms with Crippen molar-refractivity contribution in [3.05, 3.63) is 33.4 Å². The van der Waals surface area contributed by atoms with Gasteiger partial charge in [0.1, 0.15) is 5.75 Å². The van der Waals surface area contributed by atoms with E-state index in [0.717, 1.165) is 0 Å². The van der Waals surface area contributed by atoms with Gasteiger partial charge in [0, 0.05) is 17.2 Å². The maximum absolute atomic E-state index is 10.7. The van der Waals surface area contributed by atoms with Crippen LogP contribution in [0.1, 0.15) is 18.1 Å². The van der Waals surface area contributed by atoms with Gasteiger partial charge in [0.05, 0.1) is 4.92 Å². The van der Waals surface area contributed by atoms with Crippen molar-refractivity contribution < 1.29 is 28.0 Å². The zero-order chi connectivity index (χ0) is 16.1. The molecule has 6 nitrogen and oxygen atoms in total. The minimum absolute atomic E-state index is 0.0645. The van der Waals surface area contributed by atoms with Crippen LogP contribution in [0.5, 0.6) is 5.75 Å². The molecule has 0 aromatic heterocycles. The van der Waals surface area contributed by atoms with E-state index in [9.17, 15) is 28.4 Å². The SMILES string of the molecule is CCc1c(O)ccc([N+](=O)[O-])c1C.NC(=O)C(F)(F)F. The van der Waals surface area contributed by atoms with Gasteiger partial charge in [0.25, 0.3) is 5.69 Å². The van der Waals surface area contributed by atoms with Gasteiger partial charge in [-0.1, -0.05) is 6.92 Å². The fraction of sp³-hybridized carbons (Fsp3) is 0.364. The number of hydrogen-bond acceptors (Lipinski definition) is 4. The maximum Gasteiger partial charge on any atom is 0.470 e. The molecule has 0 aliphatic carbocycles. The average Bonchev–Trinajstić information content (AvgIpc) is 2.28. The lowest BCUT2D eigenvalue weighted by molar-refractivity contribution is -0.385. The second-order valence-corrected chi connectivity index (χ2v) is 3.68. The molecule has 1 aromatic rings. The first-order valence-electron chi connectivity index (χ1n) is 5.34. The summed E-state index contributed by atoms with van der Waals surface area (Å²) in [6.45, 7) is 3.50. The first-order chi connectivity index (χ1) is 9.02. The van der Waals surface area contributed by atoms with Crippen LogP contribution in [0.25, 0.3) is 0 Å². The third kappa shape index (κ3) is 4.75. The Balaban J connectivity index is 0.000000441. The Kier molecular flexibility index (Phi) is 5.95. The number of amides is 1. The quantitative estimate of drug-likeness (QED) is 0.644. The van der Waals surface area contributed by atoms with E-state index in [1.54, 1.807) is 6.92 Å². The summed E-state index contributed by atoms with van der Waals surface area (Å²) < 4.78 is 32.1. The van der Waals surface area contributed by atoms with Crippen molar-refractivity contribution in [1.29, 1.82) is 0 Å². The third-order valence-corrected chi connectivity index (χ3v) is 2.37. The molecule has 0 atom stereocenters. The second kappa shape index (κ2) is 6.73. The molecule has 0 unspecified atom stereocenters. The van der Waals surface area contributed by atoms with Crippen LogP contribution in [-0.2, 0) is 11.2 Å². The Hall–Kier alpha value is -2.32. The van der Waals surface area contributed by atoms with E-state index in [1.165, 1.54) is 12.1 Å². The predicted octanol–water partition coefficient (Wildman–Crippen LogP) is 2.21. The molecule has 0 aliphatic heterocycles. The molecule has 0 bridgehead atoms. The summed E-state index contributed by atoms with van der Waals surface area (Å²) in [5, 5.41) is 19.9. The molecule has 1 amide bonds. The molecular formula is C11H13F3N2O4. The molecule has 0 saturated carbocycles. The summed E-state index contributed by atoms with van der Waals surface area (Å²) >= 11 is 0. The summed E-state index contributed by atoms with van der Waals surface area (Å²) in [4.78, 5) is 19.2. The van der Waals surface area contributed by atoms with Crippen molar-refractivity contribution in [3.63, 3.8) is 0 Å². The highest BCUT2D eigenvalue weighted by molar-refractivity contribution is 5.79. The number of phenolic OH excluding ortho intramolecular Hbond substituents is 1. The van der Waals surface area contributed by atoms with Gasteiger partial charge >= 0.3 is 12.1 Å². The van der Waals surface area contributed by atoms with Gasteiger partial charge in [-0.25, -0.2) is 0 Å². The van der Waals surface area contributed by atoms with Crippen LogP contribution in [0.3, 0.4) is 0 Å². The molecule has 9 heteroatoms. The third-order valence-electron chi connectivity index (χ3n) is 2.37. The molecule has 0 saturated heterocycles. The van der Waals surface area contributed by atoms with Crippen LogP contribution in [0.4, 0.5) is 18.9 Å². The fourth-order valence-corrected chi connectivity index (χ4v) is 1.37. The van der Waals surface area contributed by atoms with Crippen LogP contribution in [0.2, 0.25) is 0 Å². The molecular weight excluding hydrogens is 281 g/mol. The molecule has 0 fully saturated rings. The largest absolute Gasteiger partial charge is 0.508 e. The number of carbonyl (C=O) groups excluding carboxylic acids is 1. The van der Waals surface area contributed by atoms with E-state index >= 15 is 0 Å². The van der Waals surface area contributed by atoms with E-state index in [4.69, 9.17) is 4.79 Å². The van der Waals surface area contributed by atoms with Crippen molar-refractivity contribution in [3.8, 4) is 5.75 Å². The molecule has 1 rings (SSSR count). The smallest absolute Gasteiger partial charge is 0.470 e. The number of nitrogens with zero attached hydrogens (tertiary/aromatic N) is 1. The zero-order valence-corrected chi connectivity index (χ0v) is 10.7. The summed E-state index contributed by atoms with van der Waals surface area (Å²) in [6.07, 6.45) is -4.26. The number of primary amides is 1. The summed E-state index contributed by atoms with van der Waals surface area (Å²) in [5.74, 6) is -2.13. The van der Waals surface area contributed by atoms with Crippen LogP contribution < -0.4 is 5.73 Å². The van der Waals surface area contributed by atoms with Crippen LogP contribution >= 0.6 is 0 Å². The molecule has 1 aromatic carbocycles. The molecule has 0 radical (unpaired) electrons. The lowest BCUT2D eigenvalue weighted by Gasteiger charge is -2.05. The Labute approximate surface area is 112 Å². The normalized spacial score (nSPS) is 10.4. The lowest BCUT2D eigenvalue weighted by atomic mass is 10.0. The Morgan fingerprint density at radius 3 is 2.20 bits per heavy atom. The fourth-order valence-electron chi connectivity index (χ4n) is 1.37. The Morgan fingerprint density at radius 1 is 1.45 bits per heavy atom. The number of phenols is 1. The Bertz CT molecular complexity index is 515. The number of alkyl halides is 3. The van der Waals surface area contributed by atoms with Crippen molar-refractivity contribution in [1.82, 2.24) is 0 Å². The van der Waals surface area contributed by atoms with E-state index in [2.05, 4.69) is 5.73 Å². The monoisotopic (exact) mass is 294 g/mol. The Morgan fingerprint density at radius 2 is 1.90 bits per heavy atom. The number of nitro benzene ring substituents is 1. The number of halogens is 3. The van der Waals surface area contributed by atoms with Gasteiger partial charge in [0.2, 0.25) is 0 Å². The zero-order valence-electron chi connectivity index (χ0n) is 10.7. The highest BCUT2D eigenvalue weighted by atomic mass is 19.4. The van der Waals surface area contributed by atoms with E-state index < -0.39 is 17.0 Å². The van der Waals surface area contributed by atoms with Crippen molar-refractivity contribution in [2.75, 3.05) is 0 Å². The van der Waals surface area contributed by atoms with Gasteiger partial charge < -0.3 is 10.8 Å². The number of hydrogen-bond donors (Lipinski definition) is 2.